The van der Waals surface area contributed by atoms with Crippen LogP contribution >= 0.6 is 0 Å². The van der Waals surface area contributed by atoms with Gasteiger partial charge in [-0.2, -0.15) is 5.10 Å². The standard InChI is InChI=1S/C16H18N4O3/c1-19-15-14(7-18-19)16(22)20(11-17-15)8-13(21)10-23-9-12-5-3-2-4-6-12/h2-7,11,13,21H,8-10H2,1H3. The van der Waals surface area contributed by atoms with Crippen molar-refractivity contribution in [2.45, 2.75) is 19.3 Å². The van der Waals surface area contributed by atoms with Crippen molar-refractivity contribution in [3.05, 3.63) is 58.8 Å². The summed E-state index contributed by atoms with van der Waals surface area (Å²) in [5.74, 6) is 0. The van der Waals surface area contributed by atoms with Crippen molar-refractivity contribution in [3.63, 3.8) is 0 Å². The number of nitrogens with zero attached hydrogens (tertiary/aromatic N) is 4. The van der Waals surface area contributed by atoms with Gasteiger partial charge in [-0.15, -0.1) is 0 Å². The maximum absolute atomic E-state index is 12.3. The van der Waals surface area contributed by atoms with Crippen molar-refractivity contribution in [2.24, 2.45) is 7.05 Å². The molecule has 0 bridgehead atoms. The van der Waals surface area contributed by atoms with E-state index in [1.807, 2.05) is 30.3 Å². The number of aliphatic hydroxyl groups is 1. The van der Waals surface area contributed by atoms with E-state index in [9.17, 15) is 9.90 Å². The number of fused-ring (bicyclic) bond motifs is 1. The first-order chi connectivity index (χ1) is 11.1. The van der Waals surface area contributed by atoms with Crippen molar-refractivity contribution in [1.82, 2.24) is 19.3 Å². The van der Waals surface area contributed by atoms with E-state index in [2.05, 4.69) is 10.1 Å². The molecule has 0 spiro atoms. The van der Waals surface area contributed by atoms with Crippen LogP contribution in [0.3, 0.4) is 0 Å². The van der Waals surface area contributed by atoms with Crippen molar-refractivity contribution >= 4 is 11.0 Å². The van der Waals surface area contributed by atoms with E-state index in [4.69, 9.17) is 4.74 Å². The van der Waals surface area contributed by atoms with E-state index in [0.29, 0.717) is 17.6 Å². The third-order valence-electron chi connectivity index (χ3n) is 3.55. The van der Waals surface area contributed by atoms with E-state index in [0.717, 1.165) is 5.56 Å². The zero-order chi connectivity index (χ0) is 16.2. The topological polar surface area (TPSA) is 82.2 Å². The van der Waals surface area contributed by atoms with Gasteiger partial charge in [0.2, 0.25) is 0 Å². The molecule has 0 amide bonds. The van der Waals surface area contributed by atoms with Crippen molar-refractivity contribution in [2.75, 3.05) is 6.61 Å². The SMILES string of the molecule is Cn1ncc2c(=O)n(CC(O)COCc3ccccc3)cnc21. The summed E-state index contributed by atoms with van der Waals surface area (Å²) in [5, 5.41) is 14.5. The van der Waals surface area contributed by atoms with Gasteiger partial charge in [0, 0.05) is 7.05 Å². The molecule has 1 atom stereocenters. The van der Waals surface area contributed by atoms with Crippen molar-refractivity contribution < 1.29 is 9.84 Å². The molecule has 1 aromatic carbocycles. The maximum atomic E-state index is 12.3. The van der Waals surface area contributed by atoms with Crippen LogP contribution in [-0.2, 0) is 24.9 Å². The molecule has 23 heavy (non-hydrogen) atoms. The molecule has 0 aliphatic heterocycles. The summed E-state index contributed by atoms with van der Waals surface area (Å²) >= 11 is 0. The van der Waals surface area contributed by atoms with Gasteiger partial charge in [-0.25, -0.2) is 4.98 Å². The zero-order valence-electron chi connectivity index (χ0n) is 12.8. The fraction of sp³-hybridized carbons (Fsp3) is 0.312. The highest BCUT2D eigenvalue weighted by atomic mass is 16.5. The molecule has 2 heterocycles. The second-order valence-electron chi connectivity index (χ2n) is 5.36. The molecule has 7 heteroatoms. The molecule has 120 valence electrons. The quantitative estimate of drug-likeness (QED) is 0.724. The fourth-order valence-electron chi connectivity index (χ4n) is 2.36. The Hall–Kier alpha value is -2.51. The summed E-state index contributed by atoms with van der Waals surface area (Å²) in [7, 11) is 1.73. The summed E-state index contributed by atoms with van der Waals surface area (Å²) in [4.78, 5) is 16.5. The normalized spacial score (nSPS) is 12.6. The molecular weight excluding hydrogens is 296 g/mol. The molecule has 7 nitrogen and oxygen atoms in total. The summed E-state index contributed by atoms with van der Waals surface area (Å²) in [6.07, 6.45) is 2.12. The lowest BCUT2D eigenvalue weighted by Gasteiger charge is -2.13. The lowest BCUT2D eigenvalue weighted by Crippen LogP contribution is -2.29. The predicted molar refractivity (Wildman–Crippen MR) is 84.9 cm³/mol. The van der Waals surface area contributed by atoms with Gasteiger partial charge in [-0.05, 0) is 5.56 Å². The Balaban J connectivity index is 1.60. The largest absolute Gasteiger partial charge is 0.389 e. The Labute approximate surface area is 132 Å². The van der Waals surface area contributed by atoms with Gasteiger partial charge in [0.25, 0.3) is 5.56 Å². The van der Waals surface area contributed by atoms with Crippen LogP contribution in [0.15, 0.2) is 47.7 Å². The predicted octanol–water partition coefficient (Wildman–Crippen LogP) is 0.708. The first-order valence-electron chi connectivity index (χ1n) is 7.32. The number of aryl methyl sites for hydroxylation is 1. The highest BCUT2D eigenvalue weighted by molar-refractivity contribution is 5.72. The Kier molecular flexibility index (Phi) is 4.50. The zero-order valence-corrected chi connectivity index (χ0v) is 12.8. The lowest BCUT2D eigenvalue weighted by atomic mass is 10.2. The van der Waals surface area contributed by atoms with Crippen LogP contribution in [-0.4, -0.2) is 37.1 Å². The maximum Gasteiger partial charge on any atom is 0.264 e. The van der Waals surface area contributed by atoms with Crippen LogP contribution in [0.5, 0.6) is 0 Å². The number of hydrogen-bond acceptors (Lipinski definition) is 5. The number of rotatable bonds is 6. The van der Waals surface area contributed by atoms with Crippen LogP contribution in [0.2, 0.25) is 0 Å². The third-order valence-corrected chi connectivity index (χ3v) is 3.55. The Bertz CT molecular complexity index is 841. The van der Waals surface area contributed by atoms with E-state index in [-0.39, 0.29) is 18.7 Å². The van der Waals surface area contributed by atoms with E-state index in [1.54, 1.807) is 11.7 Å². The van der Waals surface area contributed by atoms with Gasteiger partial charge in [-0.1, -0.05) is 30.3 Å². The van der Waals surface area contributed by atoms with Crippen LogP contribution in [0.1, 0.15) is 5.56 Å². The minimum Gasteiger partial charge on any atom is -0.389 e. The first kappa shape index (κ1) is 15.4. The number of aliphatic hydroxyl groups excluding tert-OH is 1. The van der Waals surface area contributed by atoms with Gasteiger partial charge < -0.3 is 9.84 Å². The number of ether oxygens (including phenoxy) is 1. The van der Waals surface area contributed by atoms with Crippen LogP contribution in [0, 0.1) is 0 Å². The van der Waals surface area contributed by atoms with Crippen LogP contribution < -0.4 is 5.56 Å². The minimum absolute atomic E-state index is 0.130. The summed E-state index contributed by atoms with van der Waals surface area (Å²) in [6.45, 7) is 0.699. The smallest absolute Gasteiger partial charge is 0.264 e. The molecule has 0 saturated heterocycles. The van der Waals surface area contributed by atoms with Gasteiger partial charge in [0.1, 0.15) is 11.7 Å². The lowest BCUT2D eigenvalue weighted by molar-refractivity contribution is 0.0198. The summed E-state index contributed by atoms with van der Waals surface area (Å²) < 4.78 is 8.40. The monoisotopic (exact) mass is 314 g/mol. The molecule has 3 rings (SSSR count). The van der Waals surface area contributed by atoms with Gasteiger partial charge >= 0.3 is 0 Å². The molecule has 1 unspecified atom stereocenters. The molecule has 0 saturated carbocycles. The average Bonchev–Trinajstić information content (AvgIpc) is 2.93. The second-order valence-corrected chi connectivity index (χ2v) is 5.36. The second kappa shape index (κ2) is 6.72. The minimum atomic E-state index is -0.785. The number of benzene rings is 1. The molecule has 0 fully saturated rings. The number of aromatic nitrogens is 4. The first-order valence-corrected chi connectivity index (χ1v) is 7.32. The average molecular weight is 314 g/mol. The Morgan fingerprint density at radius 1 is 1.30 bits per heavy atom. The van der Waals surface area contributed by atoms with Gasteiger partial charge in [0.05, 0.1) is 32.1 Å². The van der Waals surface area contributed by atoms with Crippen LogP contribution in [0.4, 0.5) is 0 Å². The number of hydrogen-bond donors (Lipinski definition) is 1. The summed E-state index contributed by atoms with van der Waals surface area (Å²) in [5.41, 5.74) is 1.35. The Morgan fingerprint density at radius 2 is 2.09 bits per heavy atom. The van der Waals surface area contributed by atoms with Gasteiger partial charge in [0.15, 0.2) is 5.65 Å². The fourth-order valence-corrected chi connectivity index (χ4v) is 2.36. The van der Waals surface area contributed by atoms with E-state index >= 15 is 0 Å². The molecule has 0 radical (unpaired) electrons. The van der Waals surface area contributed by atoms with Crippen molar-refractivity contribution in [3.8, 4) is 0 Å². The molecule has 3 aromatic rings. The van der Waals surface area contributed by atoms with E-state index in [1.165, 1.54) is 17.1 Å². The van der Waals surface area contributed by atoms with Crippen LogP contribution in [0.25, 0.3) is 11.0 Å². The van der Waals surface area contributed by atoms with Crippen molar-refractivity contribution in [1.29, 1.82) is 0 Å². The Morgan fingerprint density at radius 3 is 2.87 bits per heavy atom. The molecule has 2 aromatic heterocycles. The van der Waals surface area contributed by atoms with E-state index < -0.39 is 6.10 Å². The molecule has 1 N–H and O–H groups in total. The third kappa shape index (κ3) is 3.46. The highest BCUT2D eigenvalue weighted by Crippen LogP contribution is 2.04. The summed E-state index contributed by atoms with van der Waals surface area (Å²) in [6, 6.07) is 9.72. The van der Waals surface area contributed by atoms with Gasteiger partial charge in [-0.3, -0.25) is 14.0 Å². The molecular formula is C16H18N4O3. The molecule has 0 aliphatic rings. The molecule has 0 aliphatic carbocycles. The highest BCUT2D eigenvalue weighted by Gasteiger charge is 2.11.